The molecule has 0 N–H and O–H groups in total. The van der Waals surface area contributed by atoms with E-state index < -0.39 is 0 Å². The molecule has 1 fully saturated rings. The molecule has 144 valence electrons. The number of aryl methyl sites for hydroxylation is 2. The van der Waals surface area contributed by atoms with Crippen molar-refractivity contribution in [3.05, 3.63) is 34.1 Å². The summed E-state index contributed by atoms with van der Waals surface area (Å²) in [6.07, 6.45) is 0.208. The van der Waals surface area contributed by atoms with Gasteiger partial charge in [0.2, 0.25) is 16.9 Å². The Morgan fingerprint density at radius 2 is 2.07 bits per heavy atom. The minimum atomic E-state index is -0.361. The fourth-order valence-corrected chi connectivity index (χ4v) is 4.14. The molecule has 2 aromatic rings. The molecule has 1 unspecified atom stereocenters. The van der Waals surface area contributed by atoms with Crippen molar-refractivity contribution in [2.45, 2.75) is 46.6 Å². The third kappa shape index (κ3) is 4.32. The van der Waals surface area contributed by atoms with Crippen LogP contribution in [0.25, 0.3) is 0 Å². The maximum atomic E-state index is 12.8. The summed E-state index contributed by atoms with van der Waals surface area (Å²) in [6, 6.07) is 3.99. The molecule has 1 atom stereocenters. The highest BCUT2D eigenvalue weighted by Gasteiger charge is 2.38. The summed E-state index contributed by atoms with van der Waals surface area (Å²) < 4.78 is 0. The van der Waals surface area contributed by atoms with E-state index in [1.807, 2.05) is 39.8 Å². The van der Waals surface area contributed by atoms with Crippen LogP contribution in [0.5, 0.6) is 0 Å². The molecule has 0 spiro atoms. The summed E-state index contributed by atoms with van der Waals surface area (Å²) in [5.74, 6) is -0.208. The van der Waals surface area contributed by atoms with Crippen LogP contribution >= 0.6 is 11.3 Å². The van der Waals surface area contributed by atoms with E-state index in [1.54, 1.807) is 16.8 Å². The lowest BCUT2D eigenvalue weighted by molar-refractivity contribution is -0.135. The third-order valence-corrected chi connectivity index (χ3v) is 5.80. The van der Waals surface area contributed by atoms with Gasteiger partial charge in [-0.25, -0.2) is 0 Å². The SMILES string of the molecule is Cc1cc(C)nc(CN(C)C(=O)C2CC(=O)N(c3nnc(C(C)C)s3)C2)c1. The number of pyridine rings is 1. The molecule has 3 heterocycles. The molecular formula is C19H25N5O2S. The normalized spacial score (nSPS) is 17.0. The van der Waals surface area contributed by atoms with Gasteiger partial charge in [-0.3, -0.25) is 19.5 Å². The van der Waals surface area contributed by atoms with Crippen LogP contribution in [0, 0.1) is 19.8 Å². The Kier molecular flexibility index (Phi) is 5.55. The summed E-state index contributed by atoms with van der Waals surface area (Å²) in [4.78, 5) is 33.0. The monoisotopic (exact) mass is 387 g/mol. The fourth-order valence-electron chi connectivity index (χ4n) is 3.27. The summed E-state index contributed by atoms with van der Waals surface area (Å²) in [5, 5.41) is 9.75. The van der Waals surface area contributed by atoms with Crippen LogP contribution in [0.4, 0.5) is 5.13 Å². The lowest BCUT2D eigenvalue weighted by Crippen LogP contribution is -2.34. The number of carbonyl (C=O) groups is 2. The zero-order valence-electron chi connectivity index (χ0n) is 16.4. The minimum absolute atomic E-state index is 0.0413. The van der Waals surface area contributed by atoms with Crippen molar-refractivity contribution >= 4 is 28.3 Å². The predicted molar refractivity (Wildman–Crippen MR) is 105 cm³/mol. The smallest absolute Gasteiger partial charge is 0.229 e. The molecular weight excluding hydrogens is 362 g/mol. The molecule has 27 heavy (non-hydrogen) atoms. The molecule has 2 aromatic heterocycles. The first-order chi connectivity index (χ1) is 12.7. The maximum absolute atomic E-state index is 12.8. The van der Waals surface area contributed by atoms with Crippen molar-refractivity contribution in [3.63, 3.8) is 0 Å². The van der Waals surface area contributed by atoms with Gasteiger partial charge < -0.3 is 4.90 Å². The van der Waals surface area contributed by atoms with Gasteiger partial charge in [0.05, 0.1) is 18.2 Å². The number of rotatable bonds is 5. The van der Waals surface area contributed by atoms with E-state index in [1.165, 1.54) is 11.3 Å². The zero-order chi connectivity index (χ0) is 19.7. The third-order valence-electron chi connectivity index (χ3n) is 4.56. The molecule has 2 amide bonds. The van der Waals surface area contributed by atoms with Gasteiger partial charge in [0, 0.05) is 31.6 Å². The second-order valence-electron chi connectivity index (χ2n) is 7.45. The van der Waals surface area contributed by atoms with Crippen molar-refractivity contribution in [2.24, 2.45) is 5.92 Å². The standard InChI is InChI=1S/C19H25N5O2S/c1-11(2)17-21-22-19(27-17)24-9-14(8-16(24)25)18(26)23(5)10-15-7-12(3)6-13(4)20-15/h6-7,11,14H,8-10H2,1-5H3. The number of hydrogen-bond donors (Lipinski definition) is 0. The van der Waals surface area contributed by atoms with Crippen molar-refractivity contribution < 1.29 is 9.59 Å². The van der Waals surface area contributed by atoms with Crippen LogP contribution in [0.1, 0.15) is 48.1 Å². The Bertz CT molecular complexity index is 843. The van der Waals surface area contributed by atoms with Crippen LogP contribution in [-0.2, 0) is 16.1 Å². The Balaban J connectivity index is 1.67. The van der Waals surface area contributed by atoms with E-state index in [4.69, 9.17) is 0 Å². The lowest BCUT2D eigenvalue weighted by atomic mass is 10.1. The summed E-state index contributed by atoms with van der Waals surface area (Å²) in [6.45, 7) is 8.83. The number of anilines is 1. The molecule has 1 aliphatic rings. The number of nitrogens with zero attached hydrogens (tertiary/aromatic N) is 5. The fraction of sp³-hybridized carbons (Fsp3) is 0.526. The van der Waals surface area contributed by atoms with Crippen molar-refractivity contribution in [1.82, 2.24) is 20.1 Å². The lowest BCUT2D eigenvalue weighted by Gasteiger charge is -2.21. The minimum Gasteiger partial charge on any atom is -0.340 e. The highest BCUT2D eigenvalue weighted by Crippen LogP contribution is 2.31. The van der Waals surface area contributed by atoms with Crippen molar-refractivity contribution in [1.29, 1.82) is 0 Å². The highest BCUT2D eigenvalue weighted by molar-refractivity contribution is 7.15. The van der Waals surface area contributed by atoms with Gasteiger partial charge in [-0.1, -0.05) is 25.2 Å². The molecule has 8 heteroatoms. The Hall–Kier alpha value is -2.35. The molecule has 0 aromatic carbocycles. The topological polar surface area (TPSA) is 79.3 Å². The van der Waals surface area contributed by atoms with Crippen LogP contribution in [-0.4, -0.2) is 45.5 Å². The molecule has 1 aliphatic heterocycles. The summed E-state index contributed by atoms with van der Waals surface area (Å²) in [7, 11) is 1.76. The van der Waals surface area contributed by atoms with Crippen LogP contribution in [0.2, 0.25) is 0 Å². The Morgan fingerprint density at radius 1 is 1.33 bits per heavy atom. The van der Waals surface area contributed by atoms with E-state index in [9.17, 15) is 9.59 Å². The highest BCUT2D eigenvalue weighted by atomic mass is 32.1. The quantitative estimate of drug-likeness (QED) is 0.788. The van der Waals surface area contributed by atoms with Crippen molar-refractivity contribution in [3.8, 4) is 0 Å². The van der Waals surface area contributed by atoms with Gasteiger partial charge in [0.15, 0.2) is 0 Å². The van der Waals surface area contributed by atoms with E-state index in [2.05, 4.69) is 15.2 Å². The molecule has 0 radical (unpaired) electrons. The molecule has 7 nitrogen and oxygen atoms in total. The van der Waals surface area contributed by atoms with E-state index in [0.29, 0.717) is 18.2 Å². The first kappa shape index (κ1) is 19.4. The molecule has 1 saturated heterocycles. The summed E-state index contributed by atoms with van der Waals surface area (Å²) in [5.41, 5.74) is 2.92. The van der Waals surface area contributed by atoms with Gasteiger partial charge in [-0.05, 0) is 31.5 Å². The number of aromatic nitrogens is 3. The van der Waals surface area contributed by atoms with Gasteiger partial charge in [-0.2, -0.15) is 0 Å². The molecule has 0 saturated carbocycles. The molecule has 3 rings (SSSR count). The van der Waals surface area contributed by atoms with Crippen molar-refractivity contribution in [2.75, 3.05) is 18.5 Å². The molecule has 0 bridgehead atoms. The second kappa shape index (κ2) is 7.72. The number of carbonyl (C=O) groups excluding carboxylic acids is 2. The zero-order valence-corrected chi connectivity index (χ0v) is 17.2. The van der Waals surface area contributed by atoms with Crippen LogP contribution < -0.4 is 4.90 Å². The first-order valence-electron chi connectivity index (χ1n) is 9.07. The average molecular weight is 388 g/mol. The Morgan fingerprint density at radius 3 is 2.70 bits per heavy atom. The summed E-state index contributed by atoms with van der Waals surface area (Å²) >= 11 is 1.42. The van der Waals surface area contributed by atoms with Crippen LogP contribution in [0.3, 0.4) is 0 Å². The van der Waals surface area contributed by atoms with Gasteiger partial charge in [0.1, 0.15) is 5.01 Å². The first-order valence-corrected chi connectivity index (χ1v) is 9.89. The van der Waals surface area contributed by atoms with E-state index in [-0.39, 0.29) is 30.1 Å². The average Bonchev–Trinajstić information content (AvgIpc) is 3.19. The number of hydrogen-bond acceptors (Lipinski definition) is 6. The van der Waals surface area contributed by atoms with Crippen LogP contribution in [0.15, 0.2) is 12.1 Å². The largest absolute Gasteiger partial charge is 0.340 e. The number of amides is 2. The second-order valence-corrected chi connectivity index (χ2v) is 8.44. The predicted octanol–water partition coefficient (Wildman–Crippen LogP) is 2.68. The van der Waals surface area contributed by atoms with Gasteiger partial charge in [0.25, 0.3) is 0 Å². The van der Waals surface area contributed by atoms with E-state index >= 15 is 0 Å². The Labute approximate surface area is 163 Å². The van der Waals surface area contributed by atoms with Gasteiger partial charge >= 0.3 is 0 Å². The maximum Gasteiger partial charge on any atom is 0.229 e. The van der Waals surface area contributed by atoms with E-state index in [0.717, 1.165) is 22.0 Å². The molecule has 0 aliphatic carbocycles. The van der Waals surface area contributed by atoms with Gasteiger partial charge in [-0.15, -0.1) is 10.2 Å².